The van der Waals surface area contributed by atoms with Gasteiger partial charge in [-0.3, -0.25) is 0 Å². The summed E-state index contributed by atoms with van der Waals surface area (Å²) in [6.45, 7) is 2.22. The van der Waals surface area contributed by atoms with Gasteiger partial charge in [0.1, 0.15) is 0 Å². The van der Waals surface area contributed by atoms with Crippen molar-refractivity contribution in [3.63, 3.8) is 0 Å². The Labute approximate surface area is 125 Å². The molecule has 0 atom stereocenters. The van der Waals surface area contributed by atoms with Gasteiger partial charge in [-0.1, -0.05) is 18.2 Å². The predicted octanol–water partition coefficient (Wildman–Crippen LogP) is 2.67. The first-order chi connectivity index (χ1) is 10.2. The van der Waals surface area contributed by atoms with Crippen molar-refractivity contribution >= 4 is 5.69 Å². The molecule has 2 aromatic rings. The number of rotatable bonds is 5. The number of benzene rings is 2. The van der Waals surface area contributed by atoms with Crippen LogP contribution in [0.2, 0.25) is 0 Å². The fourth-order valence-corrected chi connectivity index (χ4v) is 2.43. The van der Waals surface area contributed by atoms with E-state index in [0.717, 1.165) is 36.7 Å². The SMILES string of the molecule is CN(CCc1ccc(N)cc1)Cc1ccc2c(c1)OCO2. The summed E-state index contributed by atoms with van der Waals surface area (Å²) in [5.41, 5.74) is 9.05. The zero-order valence-corrected chi connectivity index (χ0v) is 12.2. The Kier molecular flexibility index (Phi) is 3.97. The fourth-order valence-electron chi connectivity index (χ4n) is 2.43. The monoisotopic (exact) mass is 284 g/mol. The third-order valence-electron chi connectivity index (χ3n) is 3.65. The molecule has 0 saturated heterocycles. The van der Waals surface area contributed by atoms with Crippen LogP contribution in [0.4, 0.5) is 5.69 Å². The molecule has 4 heteroatoms. The third kappa shape index (κ3) is 3.47. The van der Waals surface area contributed by atoms with Gasteiger partial charge in [0.2, 0.25) is 6.79 Å². The lowest BCUT2D eigenvalue weighted by Gasteiger charge is -2.17. The number of nitrogen functional groups attached to an aromatic ring is 1. The van der Waals surface area contributed by atoms with E-state index in [4.69, 9.17) is 15.2 Å². The first-order valence-electron chi connectivity index (χ1n) is 7.12. The summed E-state index contributed by atoms with van der Waals surface area (Å²) in [5.74, 6) is 1.68. The molecule has 4 nitrogen and oxygen atoms in total. The number of hydrogen-bond donors (Lipinski definition) is 1. The van der Waals surface area contributed by atoms with Crippen LogP contribution < -0.4 is 15.2 Å². The Bertz CT molecular complexity index is 611. The molecule has 2 aromatic carbocycles. The lowest BCUT2D eigenvalue weighted by atomic mass is 10.1. The maximum Gasteiger partial charge on any atom is 0.231 e. The molecule has 2 N–H and O–H groups in total. The van der Waals surface area contributed by atoms with E-state index >= 15 is 0 Å². The second-order valence-electron chi connectivity index (χ2n) is 5.42. The van der Waals surface area contributed by atoms with Gasteiger partial charge in [0.15, 0.2) is 11.5 Å². The van der Waals surface area contributed by atoms with Crippen LogP contribution in [0.25, 0.3) is 0 Å². The smallest absolute Gasteiger partial charge is 0.231 e. The second-order valence-corrected chi connectivity index (χ2v) is 5.42. The van der Waals surface area contributed by atoms with E-state index in [0.29, 0.717) is 6.79 Å². The van der Waals surface area contributed by atoms with Gasteiger partial charge in [-0.15, -0.1) is 0 Å². The quantitative estimate of drug-likeness (QED) is 0.858. The van der Waals surface area contributed by atoms with Crippen LogP contribution >= 0.6 is 0 Å². The van der Waals surface area contributed by atoms with Gasteiger partial charge in [0, 0.05) is 18.8 Å². The molecule has 110 valence electrons. The molecular weight excluding hydrogens is 264 g/mol. The van der Waals surface area contributed by atoms with E-state index in [1.807, 2.05) is 18.2 Å². The van der Waals surface area contributed by atoms with Crippen molar-refractivity contribution < 1.29 is 9.47 Å². The van der Waals surface area contributed by atoms with E-state index in [2.05, 4.69) is 36.2 Å². The van der Waals surface area contributed by atoms with Crippen LogP contribution in [0.1, 0.15) is 11.1 Å². The largest absolute Gasteiger partial charge is 0.454 e. The normalized spacial score (nSPS) is 12.9. The summed E-state index contributed by atoms with van der Waals surface area (Å²) in [6.07, 6.45) is 1.02. The number of fused-ring (bicyclic) bond motifs is 1. The van der Waals surface area contributed by atoms with Gasteiger partial charge in [0.05, 0.1) is 0 Å². The first-order valence-corrected chi connectivity index (χ1v) is 7.12. The van der Waals surface area contributed by atoms with Gasteiger partial charge in [0.25, 0.3) is 0 Å². The lowest BCUT2D eigenvalue weighted by Crippen LogP contribution is -2.20. The van der Waals surface area contributed by atoms with Crippen LogP contribution in [-0.2, 0) is 13.0 Å². The van der Waals surface area contributed by atoms with Crippen LogP contribution in [0, 0.1) is 0 Å². The number of anilines is 1. The highest BCUT2D eigenvalue weighted by atomic mass is 16.7. The summed E-state index contributed by atoms with van der Waals surface area (Å²) < 4.78 is 10.7. The molecule has 0 spiro atoms. The number of likely N-dealkylation sites (N-methyl/N-ethyl adjacent to an activating group) is 1. The molecule has 3 rings (SSSR count). The molecular formula is C17H20N2O2. The average molecular weight is 284 g/mol. The van der Waals surface area contributed by atoms with E-state index < -0.39 is 0 Å². The van der Waals surface area contributed by atoms with E-state index in [1.165, 1.54) is 11.1 Å². The van der Waals surface area contributed by atoms with Crippen LogP contribution in [-0.4, -0.2) is 25.3 Å². The summed E-state index contributed by atoms with van der Waals surface area (Å²) in [5, 5.41) is 0. The molecule has 0 aromatic heterocycles. The van der Waals surface area contributed by atoms with Crippen molar-refractivity contribution in [2.75, 3.05) is 26.1 Å². The van der Waals surface area contributed by atoms with Crippen molar-refractivity contribution in [1.29, 1.82) is 0 Å². The maximum atomic E-state index is 5.70. The lowest BCUT2D eigenvalue weighted by molar-refractivity contribution is 0.174. The van der Waals surface area contributed by atoms with E-state index in [9.17, 15) is 0 Å². The molecule has 0 amide bonds. The Morgan fingerprint density at radius 1 is 1.00 bits per heavy atom. The topological polar surface area (TPSA) is 47.7 Å². The minimum Gasteiger partial charge on any atom is -0.454 e. The van der Waals surface area contributed by atoms with E-state index in [-0.39, 0.29) is 0 Å². The predicted molar refractivity (Wildman–Crippen MR) is 83.5 cm³/mol. The highest BCUT2D eigenvalue weighted by Gasteiger charge is 2.13. The zero-order chi connectivity index (χ0) is 14.7. The molecule has 0 radical (unpaired) electrons. The Balaban J connectivity index is 1.54. The molecule has 21 heavy (non-hydrogen) atoms. The van der Waals surface area contributed by atoms with Crippen molar-refractivity contribution in [3.05, 3.63) is 53.6 Å². The molecule has 0 saturated carbocycles. The fraction of sp³-hybridized carbons (Fsp3) is 0.294. The Morgan fingerprint density at radius 3 is 2.52 bits per heavy atom. The molecule has 0 aliphatic carbocycles. The van der Waals surface area contributed by atoms with E-state index in [1.54, 1.807) is 0 Å². The molecule has 1 heterocycles. The Hall–Kier alpha value is -2.20. The average Bonchev–Trinajstić information content (AvgIpc) is 2.94. The highest BCUT2D eigenvalue weighted by Crippen LogP contribution is 2.32. The van der Waals surface area contributed by atoms with Gasteiger partial charge in [-0.25, -0.2) is 0 Å². The van der Waals surface area contributed by atoms with Gasteiger partial charge in [-0.2, -0.15) is 0 Å². The minimum atomic E-state index is 0.325. The summed E-state index contributed by atoms with van der Waals surface area (Å²) in [7, 11) is 2.13. The van der Waals surface area contributed by atoms with Crippen molar-refractivity contribution in [2.24, 2.45) is 0 Å². The Morgan fingerprint density at radius 2 is 1.71 bits per heavy atom. The number of ether oxygens (including phenoxy) is 2. The highest BCUT2D eigenvalue weighted by molar-refractivity contribution is 5.44. The first kappa shape index (κ1) is 13.8. The van der Waals surface area contributed by atoms with Gasteiger partial charge < -0.3 is 20.1 Å². The molecule has 1 aliphatic rings. The zero-order valence-electron chi connectivity index (χ0n) is 12.2. The van der Waals surface area contributed by atoms with Crippen LogP contribution in [0.5, 0.6) is 11.5 Å². The second kappa shape index (κ2) is 6.06. The third-order valence-corrected chi connectivity index (χ3v) is 3.65. The van der Waals surface area contributed by atoms with Crippen molar-refractivity contribution in [2.45, 2.75) is 13.0 Å². The molecule has 0 bridgehead atoms. The molecule has 0 unspecified atom stereocenters. The summed E-state index contributed by atoms with van der Waals surface area (Å²) in [6, 6.07) is 14.2. The minimum absolute atomic E-state index is 0.325. The number of nitrogens with zero attached hydrogens (tertiary/aromatic N) is 1. The van der Waals surface area contributed by atoms with Crippen molar-refractivity contribution in [3.8, 4) is 11.5 Å². The number of nitrogens with two attached hydrogens (primary N) is 1. The standard InChI is InChI=1S/C17H20N2O2/c1-19(9-8-13-2-5-15(18)6-3-13)11-14-4-7-16-17(10-14)21-12-20-16/h2-7,10H,8-9,11-12,18H2,1H3. The van der Waals surface area contributed by atoms with Crippen LogP contribution in [0.15, 0.2) is 42.5 Å². The van der Waals surface area contributed by atoms with Gasteiger partial charge in [-0.05, 0) is 48.9 Å². The van der Waals surface area contributed by atoms with Crippen LogP contribution in [0.3, 0.4) is 0 Å². The summed E-state index contributed by atoms with van der Waals surface area (Å²) in [4.78, 5) is 2.30. The molecule has 1 aliphatic heterocycles. The number of hydrogen-bond acceptors (Lipinski definition) is 4. The molecule has 0 fully saturated rings. The van der Waals surface area contributed by atoms with Gasteiger partial charge >= 0.3 is 0 Å². The summed E-state index contributed by atoms with van der Waals surface area (Å²) >= 11 is 0. The van der Waals surface area contributed by atoms with Crippen molar-refractivity contribution in [1.82, 2.24) is 4.90 Å². The maximum absolute atomic E-state index is 5.70.